The van der Waals surface area contributed by atoms with Crippen LogP contribution < -0.4 is 10.2 Å². The van der Waals surface area contributed by atoms with Crippen molar-refractivity contribution >= 4 is 62.6 Å². The molecule has 1 saturated heterocycles. The number of hydrogen-bond donors (Lipinski definition) is 1. The Bertz CT molecular complexity index is 1310. The van der Waals surface area contributed by atoms with Crippen molar-refractivity contribution in [2.45, 2.75) is 20.3 Å². The van der Waals surface area contributed by atoms with E-state index in [0.29, 0.717) is 20.9 Å². The summed E-state index contributed by atoms with van der Waals surface area (Å²) in [7, 11) is 0. The van der Waals surface area contributed by atoms with Crippen LogP contribution in [0.1, 0.15) is 29.3 Å². The molecule has 9 heteroatoms. The van der Waals surface area contributed by atoms with Gasteiger partial charge in [-0.3, -0.25) is 19.3 Å². The highest BCUT2D eigenvalue weighted by Gasteiger charge is 2.60. The van der Waals surface area contributed by atoms with Crippen LogP contribution in [-0.4, -0.2) is 30.3 Å². The third-order valence-electron chi connectivity index (χ3n) is 7.12. The van der Waals surface area contributed by atoms with E-state index in [1.165, 1.54) is 22.6 Å². The van der Waals surface area contributed by atoms with Crippen molar-refractivity contribution in [1.29, 1.82) is 0 Å². The standard InChI is InChI=1S/C26H22BrClN2O5/c1-12-7-15-9-17(12)23-22(15)24(32)30(25(23)33)16-5-3-14(4-6-16)26(34)35-11-21(31)29-20-10-19(28)18(27)8-13(20)2/h3-8,10,15,17,22-23H,9,11H2,1-2H3,(H,29,31)/t15-,17+,22+,23-/m0/s1. The molecule has 1 N–H and O–H groups in total. The van der Waals surface area contributed by atoms with Crippen LogP contribution in [0.3, 0.4) is 0 Å². The number of fused-ring (bicyclic) bond motifs is 5. The number of amides is 3. The summed E-state index contributed by atoms with van der Waals surface area (Å²) in [4.78, 5) is 52.0. The quantitative estimate of drug-likeness (QED) is 0.320. The largest absolute Gasteiger partial charge is 0.452 e. The molecule has 0 unspecified atom stereocenters. The Labute approximate surface area is 215 Å². The molecular formula is C26H22BrClN2O5. The molecule has 2 aliphatic carbocycles. The van der Waals surface area contributed by atoms with E-state index < -0.39 is 18.5 Å². The summed E-state index contributed by atoms with van der Waals surface area (Å²) < 4.78 is 5.84. The van der Waals surface area contributed by atoms with Gasteiger partial charge in [-0.25, -0.2) is 4.79 Å². The van der Waals surface area contributed by atoms with Crippen molar-refractivity contribution in [3.8, 4) is 0 Å². The lowest BCUT2D eigenvalue weighted by Gasteiger charge is -2.19. The molecule has 2 bridgehead atoms. The molecule has 2 aromatic carbocycles. The van der Waals surface area contributed by atoms with Crippen LogP contribution in [0.2, 0.25) is 5.02 Å². The maximum Gasteiger partial charge on any atom is 0.338 e. The van der Waals surface area contributed by atoms with Gasteiger partial charge in [0.05, 0.1) is 28.1 Å². The maximum atomic E-state index is 13.1. The lowest BCUT2D eigenvalue weighted by molar-refractivity contribution is -0.123. The fourth-order valence-corrected chi connectivity index (χ4v) is 6.08. The number of nitrogens with zero attached hydrogens (tertiary/aromatic N) is 1. The van der Waals surface area contributed by atoms with Gasteiger partial charge in [-0.2, -0.15) is 0 Å². The predicted octanol–water partition coefficient (Wildman–Crippen LogP) is 4.91. The Morgan fingerprint density at radius 2 is 1.80 bits per heavy atom. The first kappa shape index (κ1) is 23.8. The Kier molecular flexibility index (Phi) is 6.05. The van der Waals surface area contributed by atoms with Gasteiger partial charge in [-0.15, -0.1) is 0 Å². The molecular weight excluding hydrogens is 536 g/mol. The number of hydrogen-bond acceptors (Lipinski definition) is 5. The second-order valence-electron chi connectivity index (χ2n) is 9.23. The molecule has 2 fully saturated rings. The van der Waals surface area contributed by atoms with Crippen LogP contribution in [0, 0.1) is 30.6 Å². The molecule has 3 aliphatic rings. The van der Waals surface area contributed by atoms with Crippen molar-refractivity contribution in [2.24, 2.45) is 23.7 Å². The van der Waals surface area contributed by atoms with Gasteiger partial charge in [0.1, 0.15) is 0 Å². The van der Waals surface area contributed by atoms with Crippen LogP contribution in [-0.2, 0) is 19.1 Å². The molecule has 1 aliphatic heterocycles. The third-order valence-corrected chi connectivity index (χ3v) is 8.31. The second-order valence-corrected chi connectivity index (χ2v) is 10.5. The molecule has 2 aromatic rings. The lowest BCUT2D eigenvalue weighted by atomic mass is 9.82. The monoisotopic (exact) mass is 556 g/mol. The van der Waals surface area contributed by atoms with Crippen LogP contribution in [0.25, 0.3) is 0 Å². The van der Waals surface area contributed by atoms with Gasteiger partial charge in [0.2, 0.25) is 11.8 Å². The normalized spacial score (nSPS) is 24.5. The summed E-state index contributed by atoms with van der Waals surface area (Å²) >= 11 is 9.40. The Morgan fingerprint density at radius 1 is 1.11 bits per heavy atom. The minimum Gasteiger partial charge on any atom is -0.452 e. The van der Waals surface area contributed by atoms with E-state index in [1.807, 2.05) is 13.8 Å². The highest BCUT2D eigenvalue weighted by Crippen LogP contribution is 2.55. The summed E-state index contributed by atoms with van der Waals surface area (Å²) in [6.07, 6.45) is 3.00. The van der Waals surface area contributed by atoms with Gasteiger partial charge < -0.3 is 10.1 Å². The molecule has 1 saturated carbocycles. The molecule has 35 heavy (non-hydrogen) atoms. The van der Waals surface area contributed by atoms with E-state index in [0.717, 1.165) is 12.0 Å². The van der Waals surface area contributed by atoms with Crippen molar-refractivity contribution in [1.82, 2.24) is 0 Å². The molecule has 0 radical (unpaired) electrons. The topological polar surface area (TPSA) is 92.8 Å². The van der Waals surface area contributed by atoms with Gasteiger partial charge >= 0.3 is 5.97 Å². The first-order valence-electron chi connectivity index (χ1n) is 11.2. The number of carbonyl (C=O) groups is 4. The molecule has 4 atom stereocenters. The number of allylic oxidation sites excluding steroid dienone is 2. The number of halogens is 2. The minimum atomic E-state index is -0.689. The van der Waals surface area contributed by atoms with Crippen molar-refractivity contribution < 1.29 is 23.9 Å². The fourth-order valence-electron chi connectivity index (χ4n) is 5.46. The molecule has 0 spiro atoms. The number of ether oxygens (including phenoxy) is 1. The van der Waals surface area contributed by atoms with E-state index in [4.69, 9.17) is 16.3 Å². The number of carbonyl (C=O) groups excluding carboxylic acids is 4. The highest BCUT2D eigenvalue weighted by atomic mass is 79.9. The van der Waals surface area contributed by atoms with E-state index >= 15 is 0 Å². The van der Waals surface area contributed by atoms with E-state index in [2.05, 4.69) is 27.3 Å². The fraction of sp³-hybridized carbons (Fsp3) is 0.308. The first-order chi connectivity index (χ1) is 16.7. The zero-order valence-electron chi connectivity index (χ0n) is 19.0. The lowest BCUT2D eigenvalue weighted by Crippen LogP contribution is -2.33. The number of imide groups is 1. The van der Waals surface area contributed by atoms with Crippen LogP contribution >= 0.6 is 27.5 Å². The minimum absolute atomic E-state index is 0.129. The van der Waals surface area contributed by atoms with Crippen LogP contribution in [0.5, 0.6) is 0 Å². The average molecular weight is 558 g/mol. The van der Waals surface area contributed by atoms with Gasteiger partial charge in [0.25, 0.3) is 5.91 Å². The summed E-state index contributed by atoms with van der Waals surface area (Å²) in [5, 5.41) is 3.11. The number of benzene rings is 2. The maximum absolute atomic E-state index is 13.1. The van der Waals surface area contributed by atoms with Crippen LogP contribution in [0.15, 0.2) is 52.5 Å². The number of esters is 1. The summed E-state index contributed by atoms with van der Waals surface area (Å²) in [5.74, 6) is -1.84. The Balaban J connectivity index is 1.21. The molecule has 1 heterocycles. The number of rotatable bonds is 5. The van der Waals surface area contributed by atoms with Crippen molar-refractivity contribution in [3.63, 3.8) is 0 Å². The Hall–Kier alpha value is -2.97. The number of aryl methyl sites for hydroxylation is 1. The van der Waals surface area contributed by atoms with Crippen LogP contribution in [0.4, 0.5) is 11.4 Å². The SMILES string of the molecule is CC1=C[C@H]2C[C@H]1[C@@H]1C(=O)N(c3ccc(C(=O)OCC(=O)Nc4cc(Cl)c(Br)cc4C)cc3)C(=O)[C@@H]12. The van der Waals surface area contributed by atoms with Gasteiger partial charge in [0.15, 0.2) is 6.61 Å². The molecule has 7 nitrogen and oxygen atoms in total. The van der Waals surface area contributed by atoms with Crippen molar-refractivity contribution in [3.05, 3.63) is 68.7 Å². The smallest absolute Gasteiger partial charge is 0.338 e. The van der Waals surface area contributed by atoms with Gasteiger partial charge in [-0.05, 0) is 90.0 Å². The third kappa shape index (κ3) is 4.08. The first-order valence-corrected chi connectivity index (χ1v) is 12.4. The van der Waals surface area contributed by atoms with Gasteiger partial charge in [0, 0.05) is 10.2 Å². The highest BCUT2D eigenvalue weighted by molar-refractivity contribution is 9.10. The van der Waals surface area contributed by atoms with E-state index in [-0.39, 0.29) is 41.0 Å². The summed E-state index contributed by atoms with van der Waals surface area (Å²) in [6, 6.07) is 9.47. The molecule has 0 aromatic heterocycles. The number of anilines is 2. The molecule has 3 amide bonds. The molecule has 180 valence electrons. The zero-order chi connectivity index (χ0) is 25.0. The Morgan fingerprint density at radius 3 is 2.51 bits per heavy atom. The zero-order valence-corrected chi connectivity index (χ0v) is 21.4. The van der Waals surface area contributed by atoms with Crippen molar-refractivity contribution in [2.75, 3.05) is 16.8 Å². The van der Waals surface area contributed by atoms with E-state index in [1.54, 1.807) is 24.3 Å². The summed E-state index contributed by atoms with van der Waals surface area (Å²) in [6.45, 7) is 3.36. The van der Waals surface area contributed by atoms with E-state index in [9.17, 15) is 19.2 Å². The second kappa shape index (κ2) is 8.91. The average Bonchev–Trinajstić information content (AvgIpc) is 3.46. The predicted molar refractivity (Wildman–Crippen MR) is 134 cm³/mol. The molecule has 5 rings (SSSR count). The number of nitrogens with one attached hydrogen (secondary N) is 1. The van der Waals surface area contributed by atoms with Gasteiger partial charge in [-0.1, -0.05) is 23.3 Å². The summed E-state index contributed by atoms with van der Waals surface area (Å²) in [5.41, 5.74) is 3.15.